The van der Waals surface area contributed by atoms with Crippen LogP contribution in [-0.2, 0) is 0 Å². The number of pyridine rings is 1. The first kappa shape index (κ1) is 10.1. The molecule has 2 N–H and O–H groups in total. The van der Waals surface area contributed by atoms with Crippen LogP contribution in [0.2, 0.25) is 0 Å². The minimum absolute atomic E-state index is 0.372. The molecule has 0 radical (unpaired) electrons. The van der Waals surface area contributed by atoms with Crippen LogP contribution in [0.25, 0.3) is 0 Å². The molecule has 2 aromatic rings. The van der Waals surface area contributed by atoms with Crippen LogP contribution in [0.3, 0.4) is 0 Å². The van der Waals surface area contributed by atoms with E-state index in [0.717, 1.165) is 18.7 Å². The number of rotatable bonds is 2. The maximum absolute atomic E-state index is 4.13. The van der Waals surface area contributed by atoms with Gasteiger partial charge in [-0.25, -0.2) is 0 Å². The molecular formula is C14H15N3. The Bertz CT molecular complexity index is 496. The number of nitrogens with one attached hydrogen (secondary N) is 2. The van der Waals surface area contributed by atoms with E-state index in [1.807, 2.05) is 12.3 Å². The predicted octanol–water partition coefficient (Wildman–Crippen LogP) is 3.05. The number of hydrogen-bond acceptors (Lipinski definition) is 3. The Hall–Kier alpha value is -2.03. The summed E-state index contributed by atoms with van der Waals surface area (Å²) in [5.41, 5.74) is 3.65. The summed E-state index contributed by atoms with van der Waals surface area (Å²) < 4.78 is 0. The molecule has 0 spiro atoms. The Morgan fingerprint density at radius 2 is 2.12 bits per heavy atom. The molecule has 1 aliphatic rings. The number of aromatic nitrogens is 1. The second kappa shape index (κ2) is 4.45. The van der Waals surface area contributed by atoms with Gasteiger partial charge < -0.3 is 10.6 Å². The molecule has 1 aromatic heterocycles. The largest absolute Gasteiger partial charge is 0.385 e. The zero-order chi connectivity index (χ0) is 11.5. The zero-order valence-corrected chi connectivity index (χ0v) is 9.56. The maximum Gasteiger partial charge on any atom is 0.0551 e. The van der Waals surface area contributed by atoms with E-state index < -0.39 is 0 Å². The molecule has 0 amide bonds. The Kier molecular flexibility index (Phi) is 2.66. The lowest BCUT2D eigenvalue weighted by Gasteiger charge is -2.28. The van der Waals surface area contributed by atoms with E-state index in [9.17, 15) is 0 Å². The van der Waals surface area contributed by atoms with Crippen LogP contribution in [0.15, 0.2) is 48.8 Å². The molecule has 3 nitrogen and oxygen atoms in total. The van der Waals surface area contributed by atoms with Crippen molar-refractivity contribution >= 4 is 11.4 Å². The highest BCUT2D eigenvalue weighted by molar-refractivity contribution is 5.57. The molecule has 1 atom stereocenters. The summed E-state index contributed by atoms with van der Waals surface area (Å²) in [5, 5.41) is 6.96. The Morgan fingerprint density at radius 1 is 1.18 bits per heavy atom. The number of anilines is 2. The normalized spacial score (nSPS) is 18.0. The van der Waals surface area contributed by atoms with Gasteiger partial charge in [-0.3, -0.25) is 4.98 Å². The fourth-order valence-electron chi connectivity index (χ4n) is 2.27. The van der Waals surface area contributed by atoms with Gasteiger partial charge in [-0.1, -0.05) is 18.2 Å². The van der Waals surface area contributed by atoms with Crippen LogP contribution in [0, 0.1) is 0 Å². The van der Waals surface area contributed by atoms with Gasteiger partial charge in [0.1, 0.15) is 0 Å². The predicted molar refractivity (Wildman–Crippen MR) is 70.1 cm³/mol. The van der Waals surface area contributed by atoms with E-state index in [1.165, 1.54) is 11.3 Å². The first-order chi connectivity index (χ1) is 8.43. The van der Waals surface area contributed by atoms with Crippen molar-refractivity contribution in [2.75, 3.05) is 17.2 Å². The molecule has 0 saturated carbocycles. The lowest BCUT2D eigenvalue weighted by Crippen LogP contribution is -2.22. The minimum Gasteiger partial charge on any atom is -0.385 e. The van der Waals surface area contributed by atoms with Gasteiger partial charge in [-0.2, -0.15) is 0 Å². The molecule has 0 bridgehead atoms. The van der Waals surface area contributed by atoms with Crippen LogP contribution < -0.4 is 10.6 Å². The summed E-state index contributed by atoms with van der Waals surface area (Å²) in [4.78, 5) is 4.13. The summed E-state index contributed by atoms with van der Waals surface area (Å²) in [5.74, 6) is 0. The smallest absolute Gasteiger partial charge is 0.0551 e. The quantitative estimate of drug-likeness (QED) is 0.824. The molecule has 0 fully saturated rings. The van der Waals surface area contributed by atoms with E-state index in [0.29, 0.717) is 6.04 Å². The summed E-state index contributed by atoms with van der Waals surface area (Å²) in [6.07, 6.45) is 4.75. The number of benzene rings is 1. The summed E-state index contributed by atoms with van der Waals surface area (Å²) in [6, 6.07) is 12.8. The molecule has 3 heteroatoms. The second-order valence-corrected chi connectivity index (χ2v) is 4.24. The highest BCUT2D eigenvalue weighted by Gasteiger charge is 2.18. The van der Waals surface area contributed by atoms with Gasteiger partial charge in [-0.05, 0) is 30.2 Å². The molecule has 1 aliphatic heterocycles. The number of para-hydroxylation sites is 1. The summed E-state index contributed by atoms with van der Waals surface area (Å²) in [6.45, 7) is 1.01. The van der Waals surface area contributed by atoms with Crippen molar-refractivity contribution in [1.82, 2.24) is 4.98 Å². The molecule has 1 unspecified atom stereocenters. The molecule has 1 aromatic carbocycles. The Labute approximate surface area is 101 Å². The lowest BCUT2D eigenvalue weighted by molar-refractivity contribution is 0.697. The highest BCUT2D eigenvalue weighted by Crippen LogP contribution is 2.31. The molecule has 2 heterocycles. The van der Waals surface area contributed by atoms with Crippen molar-refractivity contribution in [2.45, 2.75) is 12.5 Å². The van der Waals surface area contributed by atoms with Crippen LogP contribution in [0.5, 0.6) is 0 Å². The van der Waals surface area contributed by atoms with Crippen molar-refractivity contribution in [3.05, 3.63) is 54.4 Å². The van der Waals surface area contributed by atoms with E-state index >= 15 is 0 Å². The summed E-state index contributed by atoms with van der Waals surface area (Å²) >= 11 is 0. The van der Waals surface area contributed by atoms with Crippen molar-refractivity contribution in [3.8, 4) is 0 Å². The molecule has 17 heavy (non-hydrogen) atoms. The summed E-state index contributed by atoms with van der Waals surface area (Å²) in [7, 11) is 0. The van der Waals surface area contributed by atoms with Gasteiger partial charge in [0.2, 0.25) is 0 Å². The molecule has 86 valence electrons. The first-order valence-corrected chi connectivity index (χ1v) is 5.93. The van der Waals surface area contributed by atoms with Crippen LogP contribution >= 0.6 is 0 Å². The van der Waals surface area contributed by atoms with Crippen molar-refractivity contribution in [2.24, 2.45) is 0 Å². The standard InChI is InChI=1S/C14H15N3/c1-2-6-13-12(5-1)14(7-9-16-13)17-11-4-3-8-15-10-11/h1-6,8,10,14,16-17H,7,9H2. The fraction of sp³-hybridized carbons (Fsp3) is 0.214. The zero-order valence-electron chi connectivity index (χ0n) is 9.56. The molecule has 3 rings (SSSR count). The molecule has 0 aliphatic carbocycles. The minimum atomic E-state index is 0.372. The average Bonchev–Trinajstić information content (AvgIpc) is 2.40. The van der Waals surface area contributed by atoms with Crippen LogP contribution in [0.1, 0.15) is 18.0 Å². The van der Waals surface area contributed by atoms with Gasteiger partial charge in [-0.15, -0.1) is 0 Å². The van der Waals surface area contributed by atoms with Crippen LogP contribution in [0.4, 0.5) is 11.4 Å². The van der Waals surface area contributed by atoms with E-state index in [2.05, 4.69) is 45.9 Å². The highest BCUT2D eigenvalue weighted by atomic mass is 15.0. The van der Waals surface area contributed by atoms with Crippen LogP contribution in [-0.4, -0.2) is 11.5 Å². The third kappa shape index (κ3) is 2.09. The molecular weight excluding hydrogens is 210 g/mol. The van der Waals surface area contributed by atoms with Gasteiger partial charge in [0, 0.05) is 24.6 Å². The topological polar surface area (TPSA) is 37.0 Å². The lowest BCUT2D eigenvalue weighted by atomic mass is 9.98. The Morgan fingerprint density at radius 3 is 3.00 bits per heavy atom. The SMILES string of the molecule is c1cncc(NC2CCNc3ccccc32)c1. The van der Waals surface area contributed by atoms with Gasteiger partial charge in [0.25, 0.3) is 0 Å². The van der Waals surface area contributed by atoms with Crippen molar-refractivity contribution in [3.63, 3.8) is 0 Å². The van der Waals surface area contributed by atoms with Gasteiger partial charge >= 0.3 is 0 Å². The van der Waals surface area contributed by atoms with Gasteiger partial charge in [0.15, 0.2) is 0 Å². The molecule has 0 saturated heterocycles. The third-order valence-electron chi connectivity index (χ3n) is 3.09. The van der Waals surface area contributed by atoms with E-state index in [-0.39, 0.29) is 0 Å². The number of hydrogen-bond donors (Lipinski definition) is 2. The second-order valence-electron chi connectivity index (χ2n) is 4.24. The van der Waals surface area contributed by atoms with Gasteiger partial charge in [0.05, 0.1) is 11.7 Å². The average molecular weight is 225 g/mol. The fourth-order valence-corrected chi connectivity index (χ4v) is 2.27. The van der Waals surface area contributed by atoms with E-state index in [4.69, 9.17) is 0 Å². The Balaban J connectivity index is 1.86. The van der Waals surface area contributed by atoms with Crippen molar-refractivity contribution in [1.29, 1.82) is 0 Å². The van der Waals surface area contributed by atoms with Crippen molar-refractivity contribution < 1.29 is 0 Å². The number of nitrogens with zero attached hydrogens (tertiary/aromatic N) is 1. The number of fused-ring (bicyclic) bond motifs is 1. The first-order valence-electron chi connectivity index (χ1n) is 5.93. The third-order valence-corrected chi connectivity index (χ3v) is 3.09. The van der Waals surface area contributed by atoms with E-state index in [1.54, 1.807) is 6.20 Å². The maximum atomic E-state index is 4.13. The monoisotopic (exact) mass is 225 g/mol.